The summed E-state index contributed by atoms with van der Waals surface area (Å²) in [6.45, 7) is 0. The van der Waals surface area contributed by atoms with Crippen molar-refractivity contribution >= 4 is 46.3 Å². The van der Waals surface area contributed by atoms with Crippen LogP contribution in [0.3, 0.4) is 0 Å². The Morgan fingerprint density at radius 2 is 1.71 bits per heavy atom. The van der Waals surface area contributed by atoms with Gasteiger partial charge < -0.3 is 5.11 Å². The van der Waals surface area contributed by atoms with Crippen LogP contribution in [-0.4, -0.2) is 23.7 Å². The van der Waals surface area contributed by atoms with Gasteiger partial charge in [0.05, 0.1) is 5.69 Å². The van der Waals surface area contributed by atoms with Crippen molar-refractivity contribution in [1.29, 1.82) is 0 Å². The zero-order valence-corrected chi connectivity index (χ0v) is 15.0. The van der Waals surface area contributed by atoms with Crippen molar-refractivity contribution in [3.05, 3.63) is 60.7 Å². The Kier molecular flexibility index (Phi) is 5.02. The van der Waals surface area contributed by atoms with Gasteiger partial charge in [0.15, 0.2) is 0 Å². The summed E-state index contributed by atoms with van der Waals surface area (Å²) in [5, 5.41) is 11.8. The zero-order chi connectivity index (χ0) is 17.1. The Morgan fingerprint density at radius 1 is 0.958 bits per heavy atom. The first-order valence-electron chi connectivity index (χ1n) is 7.39. The smallest absolute Gasteiger partial charge is 0.422 e. The second-order valence-electron chi connectivity index (χ2n) is 5.18. The third-order valence-electron chi connectivity index (χ3n) is 3.84. The Labute approximate surface area is 149 Å². The van der Waals surface area contributed by atoms with Crippen LogP contribution in [0.2, 0.25) is 0 Å². The summed E-state index contributed by atoms with van der Waals surface area (Å²) in [5.74, 6) is 0. The van der Waals surface area contributed by atoms with E-state index in [1.807, 2.05) is 36.6 Å². The topological polar surface area (TPSA) is 40.5 Å². The minimum Gasteiger partial charge on any atom is -0.464 e. The van der Waals surface area contributed by atoms with Crippen molar-refractivity contribution in [3.8, 4) is 11.1 Å². The molecule has 1 amide bonds. The van der Waals surface area contributed by atoms with E-state index in [0.717, 1.165) is 21.4 Å². The lowest BCUT2D eigenvalue weighted by Gasteiger charge is -2.21. The molecule has 0 aliphatic rings. The van der Waals surface area contributed by atoms with E-state index in [1.54, 1.807) is 18.0 Å². The van der Waals surface area contributed by atoms with Crippen LogP contribution in [0.25, 0.3) is 21.9 Å². The molecule has 24 heavy (non-hydrogen) atoms. The lowest BCUT2D eigenvalue weighted by Crippen LogP contribution is -2.21. The summed E-state index contributed by atoms with van der Waals surface area (Å²) in [5.41, 5.74) is 2.67. The first kappa shape index (κ1) is 16.7. The number of carboxylic acid groups (broad SMARTS) is 1. The number of fused-ring (bicyclic) bond motifs is 1. The van der Waals surface area contributed by atoms with Crippen molar-refractivity contribution < 1.29 is 9.90 Å². The molecular formula is C19H17NO2S2. The Balaban J connectivity index is 2.25. The van der Waals surface area contributed by atoms with E-state index in [-0.39, 0.29) is 0 Å². The van der Waals surface area contributed by atoms with Crippen LogP contribution in [0.1, 0.15) is 0 Å². The van der Waals surface area contributed by atoms with Crippen molar-refractivity contribution in [3.63, 3.8) is 0 Å². The summed E-state index contributed by atoms with van der Waals surface area (Å²) in [6, 6.07) is 20.2. The predicted molar refractivity (Wildman–Crippen MR) is 105 cm³/mol. The maximum absolute atomic E-state index is 11.6. The molecule has 122 valence electrons. The monoisotopic (exact) mass is 355 g/mol. The SMILES string of the molecule is CSc1cccc(N(SC)C(=O)O)c1-c1ccc2ccccc2c1. The number of anilines is 1. The number of nitrogens with zero attached hydrogens (tertiary/aromatic N) is 1. The lowest BCUT2D eigenvalue weighted by molar-refractivity contribution is 0.206. The maximum atomic E-state index is 11.6. The van der Waals surface area contributed by atoms with Gasteiger partial charge in [-0.2, -0.15) is 0 Å². The Bertz CT molecular complexity index is 895. The molecule has 0 saturated heterocycles. The second-order valence-corrected chi connectivity index (χ2v) is 6.75. The van der Waals surface area contributed by atoms with Crippen molar-refractivity contribution in [2.75, 3.05) is 16.8 Å². The van der Waals surface area contributed by atoms with E-state index in [4.69, 9.17) is 0 Å². The number of rotatable bonds is 4. The van der Waals surface area contributed by atoms with Gasteiger partial charge in [-0.3, -0.25) is 0 Å². The van der Waals surface area contributed by atoms with Gasteiger partial charge in [0, 0.05) is 16.7 Å². The predicted octanol–water partition coefficient (Wildman–Crippen LogP) is 5.99. The maximum Gasteiger partial charge on any atom is 0.422 e. The molecule has 3 rings (SSSR count). The molecule has 0 unspecified atom stereocenters. The fraction of sp³-hybridized carbons (Fsp3) is 0.105. The molecule has 1 N–H and O–H groups in total. The standard InChI is InChI=1S/C19H17NO2S2/c1-23-17-9-5-8-16(20(24-2)19(21)22)18(17)15-11-10-13-6-3-4-7-14(13)12-15/h3-12H,1-2H3,(H,21,22). The molecular weight excluding hydrogens is 338 g/mol. The van der Waals surface area contributed by atoms with E-state index in [0.29, 0.717) is 5.69 Å². The second kappa shape index (κ2) is 7.20. The summed E-state index contributed by atoms with van der Waals surface area (Å²) in [4.78, 5) is 12.7. The minimum atomic E-state index is -0.970. The molecule has 5 heteroatoms. The lowest BCUT2D eigenvalue weighted by atomic mass is 9.99. The molecule has 0 radical (unpaired) electrons. The number of carbonyl (C=O) groups is 1. The van der Waals surface area contributed by atoms with Crippen LogP contribution in [0.15, 0.2) is 65.6 Å². The zero-order valence-electron chi connectivity index (χ0n) is 13.4. The van der Waals surface area contributed by atoms with Crippen LogP contribution in [0, 0.1) is 0 Å². The minimum absolute atomic E-state index is 0.692. The van der Waals surface area contributed by atoms with Crippen LogP contribution in [0.5, 0.6) is 0 Å². The van der Waals surface area contributed by atoms with Gasteiger partial charge >= 0.3 is 6.09 Å². The number of benzene rings is 3. The first-order valence-corrected chi connectivity index (χ1v) is 9.79. The van der Waals surface area contributed by atoms with Crippen LogP contribution >= 0.6 is 23.7 Å². The van der Waals surface area contributed by atoms with Crippen molar-refractivity contribution in [2.45, 2.75) is 4.90 Å². The molecule has 0 saturated carbocycles. The van der Waals surface area contributed by atoms with Crippen LogP contribution < -0.4 is 4.31 Å². The van der Waals surface area contributed by atoms with Crippen LogP contribution in [-0.2, 0) is 0 Å². The van der Waals surface area contributed by atoms with Gasteiger partial charge in [0.2, 0.25) is 0 Å². The number of hydrogen-bond acceptors (Lipinski definition) is 3. The highest BCUT2D eigenvalue weighted by Gasteiger charge is 2.20. The molecule has 0 aliphatic heterocycles. The Morgan fingerprint density at radius 3 is 2.38 bits per heavy atom. The molecule has 0 heterocycles. The Hall–Kier alpha value is -2.11. The van der Waals surface area contributed by atoms with E-state index >= 15 is 0 Å². The van der Waals surface area contributed by atoms with Gasteiger partial charge in [-0.1, -0.05) is 42.5 Å². The number of thioether (sulfide) groups is 1. The average molecular weight is 355 g/mol. The number of hydrogen-bond donors (Lipinski definition) is 1. The molecule has 3 nitrogen and oxygen atoms in total. The van der Waals surface area contributed by atoms with Gasteiger partial charge in [0.1, 0.15) is 0 Å². The highest BCUT2D eigenvalue weighted by Crippen LogP contribution is 2.41. The molecule has 3 aromatic rings. The molecule has 0 fully saturated rings. The van der Waals surface area contributed by atoms with E-state index in [1.165, 1.54) is 21.6 Å². The van der Waals surface area contributed by atoms with E-state index in [9.17, 15) is 9.90 Å². The summed E-state index contributed by atoms with van der Waals surface area (Å²) in [7, 11) is 0. The fourth-order valence-electron chi connectivity index (χ4n) is 2.77. The third kappa shape index (κ3) is 3.09. The molecule has 3 aromatic carbocycles. The van der Waals surface area contributed by atoms with Crippen molar-refractivity contribution in [2.24, 2.45) is 0 Å². The van der Waals surface area contributed by atoms with E-state index < -0.39 is 6.09 Å². The molecule has 0 atom stereocenters. The van der Waals surface area contributed by atoms with Gasteiger partial charge in [-0.05, 0) is 52.7 Å². The quantitative estimate of drug-likeness (QED) is 0.461. The third-order valence-corrected chi connectivity index (χ3v) is 5.34. The summed E-state index contributed by atoms with van der Waals surface area (Å²) in [6.07, 6.45) is 2.81. The number of amides is 1. The summed E-state index contributed by atoms with van der Waals surface area (Å²) >= 11 is 2.81. The average Bonchev–Trinajstić information content (AvgIpc) is 2.61. The molecule has 0 aliphatic carbocycles. The molecule has 0 spiro atoms. The normalized spacial score (nSPS) is 10.8. The molecule has 0 bridgehead atoms. The first-order chi connectivity index (χ1) is 11.7. The van der Waals surface area contributed by atoms with E-state index in [2.05, 4.69) is 30.3 Å². The highest BCUT2D eigenvalue weighted by atomic mass is 32.2. The van der Waals surface area contributed by atoms with Crippen molar-refractivity contribution in [1.82, 2.24) is 0 Å². The highest BCUT2D eigenvalue weighted by molar-refractivity contribution is 8.00. The van der Waals surface area contributed by atoms with Gasteiger partial charge in [-0.25, -0.2) is 9.10 Å². The summed E-state index contributed by atoms with van der Waals surface area (Å²) < 4.78 is 1.31. The van der Waals surface area contributed by atoms with Gasteiger partial charge in [0.25, 0.3) is 0 Å². The fourth-order valence-corrected chi connectivity index (χ4v) is 3.92. The van der Waals surface area contributed by atoms with Crippen LogP contribution in [0.4, 0.5) is 10.5 Å². The molecule has 0 aromatic heterocycles. The largest absolute Gasteiger partial charge is 0.464 e. The van der Waals surface area contributed by atoms with Gasteiger partial charge in [-0.15, -0.1) is 11.8 Å².